The summed E-state index contributed by atoms with van der Waals surface area (Å²) in [6.45, 7) is 3.00. The first-order valence-electron chi connectivity index (χ1n) is 7.10. The van der Waals surface area contributed by atoms with Crippen molar-refractivity contribution in [2.75, 3.05) is 0 Å². The van der Waals surface area contributed by atoms with Gasteiger partial charge in [-0.2, -0.15) is 0 Å². The second kappa shape index (κ2) is 7.35. The summed E-state index contributed by atoms with van der Waals surface area (Å²) in [5.41, 5.74) is 2.25. The van der Waals surface area contributed by atoms with Gasteiger partial charge in [-0.15, -0.1) is 0 Å². The molecule has 0 aliphatic rings. The summed E-state index contributed by atoms with van der Waals surface area (Å²) in [6, 6.07) is 14.0. The summed E-state index contributed by atoms with van der Waals surface area (Å²) in [4.78, 5) is 26.3. The molecule has 0 saturated heterocycles. The quantitative estimate of drug-likeness (QED) is 0.654. The molecule has 5 nitrogen and oxygen atoms in total. The maximum Gasteiger partial charge on any atom is 0.344 e. The largest absolute Gasteiger partial charge is 0.479 e. The second-order valence-corrected chi connectivity index (χ2v) is 5.03. The van der Waals surface area contributed by atoms with E-state index in [1.807, 2.05) is 0 Å². The number of ketones is 1. The van der Waals surface area contributed by atoms with Gasteiger partial charge in [0.15, 0.2) is 11.9 Å². The number of carbonyl (C=O) groups excluding carboxylic acids is 1. The fourth-order valence-electron chi connectivity index (χ4n) is 1.82. The van der Waals surface area contributed by atoms with Gasteiger partial charge in [-0.05, 0) is 67.9 Å². The first kappa shape index (κ1) is 16.4. The lowest BCUT2D eigenvalue weighted by atomic mass is 10.1. The maximum absolute atomic E-state index is 11.2. The van der Waals surface area contributed by atoms with Gasteiger partial charge in [0.2, 0.25) is 0 Å². The van der Waals surface area contributed by atoms with Crippen LogP contribution in [-0.2, 0) is 4.79 Å². The van der Waals surface area contributed by atoms with E-state index in [1.165, 1.54) is 13.8 Å². The molecule has 118 valence electrons. The van der Waals surface area contributed by atoms with Crippen molar-refractivity contribution < 1.29 is 19.4 Å². The molecule has 5 heteroatoms. The molecule has 0 aliphatic carbocycles. The monoisotopic (exact) mass is 311 g/mol. The van der Waals surface area contributed by atoms with Crippen LogP contribution >= 0.6 is 0 Å². The molecule has 0 heterocycles. The number of aliphatic carboxylic acids is 1. The van der Waals surface area contributed by atoms with Gasteiger partial charge in [-0.1, -0.05) is 0 Å². The molecule has 0 saturated carbocycles. The predicted octanol–water partition coefficient (Wildman–Crippen LogP) is 3.49. The van der Waals surface area contributed by atoms with E-state index >= 15 is 0 Å². The Morgan fingerprint density at radius 3 is 2.22 bits per heavy atom. The summed E-state index contributed by atoms with van der Waals surface area (Å²) in [6.07, 6.45) is 0.794. The molecule has 2 aromatic carbocycles. The lowest BCUT2D eigenvalue weighted by Gasteiger charge is -2.09. The molecular weight excluding hydrogens is 294 g/mol. The van der Waals surface area contributed by atoms with Crippen LogP contribution in [0.1, 0.15) is 29.8 Å². The fraction of sp³-hybridized carbons (Fsp3) is 0.167. The Labute approximate surface area is 134 Å². The van der Waals surface area contributed by atoms with Crippen molar-refractivity contribution in [1.29, 1.82) is 0 Å². The van der Waals surface area contributed by atoms with Crippen molar-refractivity contribution in [1.82, 2.24) is 0 Å². The molecule has 0 bridgehead atoms. The zero-order valence-electron chi connectivity index (χ0n) is 12.9. The number of carboxylic acid groups (broad SMARTS) is 1. The fourth-order valence-corrected chi connectivity index (χ4v) is 1.82. The number of carboxylic acids is 1. The minimum atomic E-state index is -1.01. The van der Waals surface area contributed by atoms with E-state index in [-0.39, 0.29) is 5.78 Å². The Hall–Kier alpha value is -2.95. The molecule has 1 N–H and O–H groups in total. The van der Waals surface area contributed by atoms with E-state index in [9.17, 15) is 9.59 Å². The number of ether oxygens (including phenoxy) is 1. The van der Waals surface area contributed by atoms with Crippen molar-refractivity contribution >= 4 is 23.7 Å². The minimum absolute atomic E-state index is 0.0201. The van der Waals surface area contributed by atoms with Crippen LogP contribution in [-0.4, -0.2) is 29.2 Å². The van der Waals surface area contributed by atoms with Crippen LogP contribution in [0.5, 0.6) is 5.75 Å². The van der Waals surface area contributed by atoms with Crippen LogP contribution < -0.4 is 4.74 Å². The summed E-state index contributed by atoms with van der Waals surface area (Å²) < 4.78 is 5.25. The Morgan fingerprint density at radius 2 is 1.70 bits per heavy atom. The summed E-state index contributed by atoms with van der Waals surface area (Å²) in [5.74, 6) is -0.501. The molecule has 0 fully saturated rings. The van der Waals surface area contributed by atoms with Crippen LogP contribution in [0.2, 0.25) is 0 Å². The predicted molar refractivity (Wildman–Crippen MR) is 87.9 cm³/mol. The zero-order valence-corrected chi connectivity index (χ0v) is 12.9. The van der Waals surface area contributed by atoms with Gasteiger partial charge >= 0.3 is 5.97 Å². The Balaban J connectivity index is 2.02. The SMILES string of the molecule is CC(=O)c1ccc(N=Cc2ccc(O[C@@H](C)C(=O)O)cc2)cc1. The summed E-state index contributed by atoms with van der Waals surface area (Å²) >= 11 is 0. The van der Waals surface area contributed by atoms with E-state index in [4.69, 9.17) is 9.84 Å². The van der Waals surface area contributed by atoms with Gasteiger partial charge in [-0.25, -0.2) is 4.79 Å². The third-order valence-electron chi connectivity index (χ3n) is 3.18. The van der Waals surface area contributed by atoms with Crippen LogP contribution in [0, 0.1) is 0 Å². The third-order valence-corrected chi connectivity index (χ3v) is 3.18. The molecule has 0 amide bonds. The molecule has 0 spiro atoms. The number of carbonyl (C=O) groups is 2. The Morgan fingerprint density at radius 1 is 1.09 bits per heavy atom. The molecule has 0 unspecified atom stereocenters. The normalized spacial score (nSPS) is 12.1. The average Bonchev–Trinajstić information content (AvgIpc) is 2.54. The van der Waals surface area contributed by atoms with E-state index in [0.717, 1.165) is 11.3 Å². The lowest BCUT2D eigenvalue weighted by molar-refractivity contribution is -0.144. The number of hydrogen-bond acceptors (Lipinski definition) is 4. The van der Waals surface area contributed by atoms with Crippen molar-refractivity contribution in [3.8, 4) is 5.75 Å². The molecule has 1 atom stereocenters. The molecule has 2 rings (SSSR count). The highest BCUT2D eigenvalue weighted by Crippen LogP contribution is 2.16. The molecule has 2 aromatic rings. The first-order chi connectivity index (χ1) is 11.0. The first-order valence-corrected chi connectivity index (χ1v) is 7.10. The highest BCUT2D eigenvalue weighted by Gasteiger charge is 2.11. The number of aliphatic imine (C=N–C) groups is 1. The Kier molecular flexibility index (Phi) is 5.25. The molecule has 0 radical (unpaired) electrons. The van der Waals surface area contributed by atoms with Gasteiger partial charge < -0.3 is 9.84 Å². The maximum atomic E-state index is 11.2. The zero-order chi connectivity index (χ0) is 16.8. The standard InChI is InChI=1S/C18H17NO4/c1-12(20)15-5-7-16(8-6-15)19-11-14-3-9-17(10-4-14)23-13(2)18(21)22/h3-11,13H,1-2H3,(H,21,22)/t13-/m0/s1. The van der Waals surface area contributed by atoms with Gasteiger partial charge in [0, 0.05) is 11.8 Å². The number of benzene rings is 2. The topological polar surface area (TPSA) is 76.0 Å². The summed E-state index contributed by atoms with van der Waals surface area (Å²) in [5, 5.41) is 8.79. The Bertz CT molecular complexity index is 718. The van der Waals surface area contributed by atoms with Gasteiger partial charge in [0.1, 0.15) is 5.75 Å². The van der Waals surface area contributed by atoms with Crippen molar-refractivity contribution in [2.45, 2.75) is 20.0 Å². The number of hydrogen-bond donors (Lipinski definition) is 1. The van der Waals surface area contributed by atoms with Gasteiger partial charge in [0.05, 0.1) is 5.69 Å². The lowest BCUT2D eigenvalue weighted by Crippen LogP contribution is -2.22. The highest BCUT2D eigenvalue weighted by molar-refractivity contribution is 5.94. The second-order valence-electron chi connectivity index (χ2n) is 5.03. The van der Waals surface area contributed by atoms with Crippen LogP contribution in [0.15, 0.2) is 53.5 Å². The van der Waals surface area contributed by atoms with E-state index in [1.54, 1.807) is 54.7 Å². The third kappa shape index (κ3) is 4.78. The van der Waals surface area contributed by atoms with Gasteiger partial charge in [0.25, 0.3) is 0 Å². The van der Waals surface area contributed by atoms with Gasteiger partial charge in [-0.3, -0.25) is 9.79 Å². The van der Waals surface area contributed by atoms with E-state index in [0.29, 0.717) is 11.3 Å². The smallest absolute Gasteiger partial charge is 0.344 e. The van der Waals surface area contributed by atoms with Crippen molar-refractivity contribution in [3.05, 3.63) is 59.7 Å². The number of rotatable bonds is 6. The van der Waals surface area contributed by atoms with Crippen LogP contribution in [0.4, 0.5) is 5.69 Å². The number of nitrogens with zero attached hydrogens (tertiary/aromatic N) is 1. The van der Waals surface area contributed by atoms with Crippen LogP contribution in [0.3, 0.4) is 0 Å². The molecule has 0 aliphatic heterocycles. The molecular formula is C18H17NO4. The average molecular weight is 311 g/mol. The van der Waals surface area contributed by atoms with E-state index < -0.39 is 12.1 Å². The van der Waals surface area contributed by atoms with E-state index in [2.05, 4.69) is 4.99 Å². The van der Waals surface area contributed by atoms with Crippen LogP contribution in [0.25, 0.3) is 0 Å². The number of Topliss-reactive ketones (excluding diaryl/α,β-unsaturated/α-hetero) is 1. The highest BCUT2D eigenvalue weighted by atomic mass is 16.5. The van der Waals surface area contributed by atoms with Crippen molar-refractivity contribution in [2.24, 2.45) is 4.99 Å². The molecule has 23 heavy (non-hydrogen) atoms. The molecule has 0 aromatic heterocycles. The summed E-state index contributed by atoms with van der Waals surface area (Å²) in [7, 11) is 0. The van der Waals surface area contributed by atoms with Crippen molar-refractivity contribution in [3.63, 3.8) is 0 Å². The minimum Gasteiger partial charge on any atom is -0.479 e.